The Kier molecular flexibility index (Phi) is 4.15. The normalized spacial score (nSPS) is 30.8. The van der Waals surface area contributed by atoms with E-state index in [9.17, 15) is 8.78 Å². The summed E-state index contributed by atoms with van der Waals surface area (Å²) in [5.74, 6) is 1.49. The summed E-state index contributed by atoms with van der Waals surface area (Å²) in [4.78, 5) is 14.1. The molecule has 7 nitrogen and oxygen atoms in total. The van der Waals surface area contributed by atoms with Gasteiger partial charge < -0.3 is 19.9 Å². The van der Waals surface area contributed by atoms with Gasteiger partial charge in [0.2, 0.25) is 0 Å². The van der Waals surface area contributed by atoms with Crippen LogP contribution in [0.3, 0.4) is 0 Å². The van der Waals surface area contributed by atoms with Gasteiger partial charge >= 0.3 is 6.61 Å². The Hall–Kier alpha value is -2.26. The molecule has 3 heterocycles. The lowest BCUT2D eigenvalue weighted by Gasteiger charge is -2.75. The molecule has 0 spiro atoms. The molecule has 0 aromatic carbocycles. The van der Waals surface area contributed by atoms with Gasteiger partial charge in [-0.05, 0) is 45.2 Å². The fourth-order valence-electron chi connectivity index (χ4n) is 5.88. The fraction of sp³-hybridized carbons (Fsp3) is 0.636. The van der Waals surface area contributed by atoms with E-state index in [0.717, 1.165) is 50.5 Å². The highest BCUT2D eigenvalue weighted by molar-refractivity contribution is 5.64. The number of hydrogen-bond donors (Lipinski definition) is 1. The lowest BCUT2D eigenvalue weighted by atomic mass is 9.43. The first-order valence-electron chi connectivity index (χ1n) is 11.1. The fourth-order valence-corrected chi connectivity index (χ4v) is 5.88. The zero-order chi connectivity index (χ0) is 21.4. The van der Waals surface area contributed by atoms with Crippen molar-refractivity contribution >= 4 is 5.82 Å². The van der Waals surface area contributed by atoms with Gasteiger partial charge in [0.25, 0.3) is 0 Å². The second kappa shape index (κ2) is 6.62. The van der Waals surface area contributed by atoms with E-state index in [1.54, 1.807) is 6.20 Å². The van der Waals surface area contributed by atoms with Crippen LogP contribution in [0.5, 0.6) is 5.75 Å². The molecule has 0 atom stereocenters. The van der Waals surface area contributed by atoms with Crippen LogP contribution >= 0.6 is 0 Å². The molecule has 2 aromatic heterocycles. The number of pyridine rings is 1. The summed E-state index contributed by atoms with van der Waals surface area (Å²) >= 11 is 0. The minimum Gasteiger partial charge on any atom is -0.431 e. The number of piperazine rings is 1. The summed E-state index contributed by atoms with van der Waals surface area (Å²) in [6.45, 7) is 1.66. The van der Waals surface area contributed by atoms with Crippen LogP contribution in [0.4, 0.5) is 14.6 Å². The molecule has 1 saturated heterocycles. The van der Waals surface area contributed by atoms with Crippen molar-refractivity contribution < 1.29 is 13.5 Å². The van der Waals surface area contributed by atoms with E-state index >= 15 is 0 Å². The highest BCUT2D eigenvalue weighted by atomic mass is 19.3. The van der Waals surface area contributed by atoms with Crippen molar-refractivity contribution in [3.63, 3.8) is 0 Å². The molecule has 9 heteroatoms. The van der Waals surface area contributed by atoms with Gasteiger partial charge in [-0.3, -0.25) is 4.90 Å². The maximum atomic E-state index is 12.7. The first kappa shape index (κ1) is 19.4. The number of nitrogen functional groups attached to an aromatic ring is 1. The molecule has 2 N–H and O–H groups in total. The van der Waals surface area contributed by atoms with E-state index in [2.05, 4.69) is 37.3 Å². The number of halogens is 2. The summed E-state index contributed by atoms with van der Waals surface area (Å²) in [6.07, 6.45) is 9.55. The molecule has 166 valence electrons. The average molecular weight is 431 g/mol. The van der Waals surface area contributed by atoms with Gasteiger partial charge in [-0.25, -0.2) is 9.97 Å². The standard InChI is InChI=1S/C22H28F2N6O/c1-28-4-6-29(7-5-28)21-11-22(12-21,13-21)30-10-16(27-19(30)14-2-3-14)15-8-17(31-20(23)24)18(25)26-9-15/h8-10,14,20H,2-7,11-13H2,1H3,(H2,25,26). The Balaban J connectivity index is 1.26. The molecule has 0 amide bonds. The number of likely N-dealkylation sites (N-methyl/N-ethyl adjacent to an activating group) is 1. The highest BCUT2D eigenvalue weighted by Gasteiger charge is 2.71. The quantitative estimate of drug-likeness (QED) is 0.760. The molecule has 1 aliphatic heterocycles. The Bertz CT molecular complexity index is 992. The first-order valence-corrected chi connectivity index (χ1v) is 11.1. The van der Waals surface area contributed by atoms with Crippen LogP contribution < -0.4 is 10.5 Å². The van der Waals surface area contributed by atoms with E-state index in [1.807, 2.05) is 0 Å². The molecular weight excluding hydrogens is 402 g/mol. The van der Waals surface area contributed by atoms with Crippen LogP contribution in [0.25, 0.3) is 11.3 Å². The summed E-state index contributed by atoms with van der Waals surface area (Å²) in [5.41, 5.74) is 7.65. The van der Waals surface area contributed by atoms with E-state index in [0.29, 0.717) is 17.0 Å². The van der Waals surface area contributed by atoms with Gasteiger partial charge in [0.15, 0.2) is 11.6 Å². The predicted molar refractivity (Wildman–Crippen MR) is 112 cm³/mol. The zero-order valence-corrected chi connectivity index (χ0v) is 17.7. The van der Waals surface area contributed by atoms with Crippen molar-refractivity contribution in [1.29, 1.82) is 0 Å². The number of alkyl halides is 2. The molecular formula is C22H28F2N6O. The van der Waals surface area contributed by atoms with E-state index < -0.39 is 6.61 Å². The molecule has 5 fully saturated rings. The highest BCUT2D eigenvalue weighted by Crippen LogP contribution is 2.69. The molecule has 2 bridgehead atoms. The number of rotatable bonds is 6. The number of nitrogens with two attached hydrogens (primary N) is 1. The van der Waals surface area contributed by atoms with Gasteiger partial charge in [0.1, 0.15) is 5.82 Å². The molecule has 31 heavy (non-hydrogen) atoms. The Morgan fingerprint density at radius 2 is 1.84 bits per heavy atom. The van der Waals surface area contributed by atoms with E-state index in [1.165, 1.54) is 25.3 Å². The third kappa shape index (κ3) is 3.04. The van der Waals surface area contributed by atoms with Gasteiger partial charge in [0, 0.05) is 55.6 Å². The lowest BCUT2D eigenvalue weighted by Crippen LogP contribution is -2.80. The zero-order valence-electron chi connectivity index (χ0n) is 17.7. The monoisotopic (exact) mass is 430 g/mol. The van der Waals surface area contributed by atoms with Crippen molar-refractivity contribution in [2.75, 3.05) is 39.0 Å². The molecule has 2 aromatic rings. The molecule has 0 unspecified atom stereocenters. The maximum absolute atomic E-state index is 12.7. The minimum atomic E-state index is -2.94. The van der Waals surface area contributed by atoms with Crippen LogP contribution in [0.1, 0.15) is 43.8 Å². The second-order valence-electron chi connectivity index (χ2n) is 9.88. The number of ether oxygens (including phenoxy) is 1. The number of aromatic nitrogens is 3. The van der Waals surface area contributed by atoms with Gasteiger partial charge in [0.05, 0.1) is 11.2 Å². The van der Waals surface area contributed by atoms with Crippen LogP contribution in [0.15, 0.2) is 18.5 Å². The largest absolute Gasteiger partial charge is 0.431 e. The summed E-state index contributed by atoms with van der Waals surface area (Å²) < 4.78 is 32.4. The van der Waals surface area contributed by atoms with Crippen LogP contribution in [0.2, 0.25) is 0 Å². The maximum Gasteiger partial charge on any atom is 0.387 e. The van der Waals surface area contributed by atoms with Crippen molar-refractivity contribution in [1.82, 2.24) is 24.3 Å². The van der Waals surface area contributed by atoms with Crippen LogP contribution in [0, 0.1) is 0 Å². The van der Waals surface area contributed by atoms with Crippen molar-refractivity contribution in [2.24, 2.45) is 0 Å². The van der Waals surface area contributed by atoms with Gasteiger partial charge in [-0.2, -0.15) is 8.78 Å². The minimum absolute atomic E-state index is 0.0422. The summed E-state index contributed by atoms with van der Waals surface area (Å²) in [7, 11) is 2.19. The van der Waals surface area contributed by atoms with Gasteiger partial charge in [-0.1, -0.05) is 0 Å². The average Bonchev–Trinajstić information content (AvgIpc) is 3.42. The Labute approximate surface area is 180 Å². The third-order valence-electron chi connectivity index (χ3n) is 7.73. The summed E-state index contributed by atoms with van der Waals surface area (Å²) in [6, 6.07) is 1.52. The molecule has 7 rings (SSSR count). The number of anilines is 1. The van der Waals surface area contributed by atoms with Crippen molar-refractivity contribution in [3.05, 3.63) is 24.3 Å². The van der Waals surface area contributed by atoms with Crippen molar-refractivity contribution in [2.45, 2.75) is 55.7 Å². The van der Waals surface area contributed by atoms with E-state index in [-0.39, 0.29) is 17.1 Å². The predicted octanol–water partition coefficient (Wildman–Crippen LogP) is 2.89. The SMILES string of the molecule is CN1CCN(C23CC(n4cc(-c5cnc(N)c(OC(F)F)c5)nc4C4CC4)(C2)C3)CC1. The smallest absolute Gasteiger partial charge is 0.387 e. The van der Waals surface area contributed by atoms with E-state index in [4.69, 9.17) is 10.7 Å². The molecule has 0 radical (unpaired) electrons. The first-order chi connectivity index (χ1) is 14.9. The molecule has 4 aliphatic carbocycles. The number of imidazole rings is 1. The second-order valence-corrected chi connectivity index (χ2v) is 9.88. The molecule has 4 saturated carbocycles. The number of hydrogen-bond acceptors (Lipinski definition) is 6. The third-order valence-corrected chi connectivity index (χ3v) is 7.73. The summed E-state index contributed by atoms with van der Waals surface area (Å²) in [5, 5.41) is 0. The van der Waals surface area contributed by atoms with Crippen molar-refractivity contribution in [3.8, 4) is 17.0 Å². The lowest BCUT2D eigenvalue weighted by molar-refractivity contribution is -0.213. The molecule has 5 aliphatic rings. The Morgan fingerprint density at radius 1 is 1.13 bits per heavy atom. The topological polar surface area (TPSA) is 72.4 Å². The van der Waals surface area contributed by atoms with Gasteiger partial charge in [-0.15, -0.1) is 0 Å². The Morgan fingerprint density at radius 3 is 2.48 bits per heavy atom. The number of nitrogens with zero attached hydrogens (tertiary/aromatic N) is 5. The van der Waals surface area contributed by atoms with Crippen LogP contribution in [-0.2, 0) is 5.54 Å². The van der Waals surface area contributed by atoms with Crippen LogP contribution in [-0.4, -0.2) is 69.7 Å².